The number of nitrogens with one attached hydrogen (secondary N) is 1. The second-order valence-corrected chi connectivity index (χ2v) is 6.58. The van der Waals surface area contributed by atoms with E-state index in [0.29, 0.717) is 23.1 Å². The van der Waals surface area contributed by atoms with Crippen LogP contribution in [0.15, 0.2) is 54.9 Å². The molecule has 0 spiro atoms. The Kier molecular flexibility index (Phi) is 4.31. The van der Waals surface area contributed by atoms with Crippen molar-refractivity contribution in [2.24, 2.45) is 0 Å². The highest BCUT2D eigenvalue weighted by Crippen LogP contribution is 2.29. The predicted molar refractivity (Wildman–Crippen MR) is 103 cm³/mol. The summed E-state index contributed by atoms with van der Waals surface area (Å²) in [4.78, 5) is 23.1. The minimum atomic E-state index is -0.0829. The Hall–Kier alpha value is -2.92. The molecular formula is C20H17ClN4O. The number of hydrogen-bond acceptors (Lipinski definition) is 4. The van der Waals surface area contributed by atoms with Gasteiger partial charge >= 0.3 is 0 Å². The van der Waals surface area contributed by atoms with Gasteiger partial charge in [-0.05, 0) is 42.7 Å². The molecule has 1 amide bonds. The monoisotopic (exact) mass is 364 g/mol. The molecular weight excluding hydrogens is 348 g/mol. The van der Waals surface area contributed by atoms with Crippen LogP contribution in [-0.4, -0.2) is 22.4 Å². The van der Waals surface area contributed by atoms with Crippen LogP contribution in [0, 0.1) is 6.92 Å². The second-order valence-electron chi connectivity index (χ2n) is 6.17. The number of para-hydroxylation sites is 1. The van der Waals surface area contributed by atoms with Crippen molar-refractivity contribution in [2.75, 3.05) is 16.8 Å². The number of nitrogens with zero attached hydrogens (tertiary/aromatic N) is 3. The number of fused-ring (bicyclic) bond motifs is 1. The van der Waals surface area contributed by atoms with Gasteiger partial charge in [-0.2, -0.15) is 0 Å². The van der Waals surface area contributed by atoms with E-state index in [-0.39, 0.29) is 5.91 Å². The molecule has 2 heterocycles. The molecule has 5 nitrogen and oxygen atoms in total. The first-order chi connectivity index (χ1) is 12.6. The van der Waals surface area contributed by atoms with Gasteiger partial charge in [-0.1, -0.05) is 35.9 Å². The molecule has 0 fully saturated rings. The van der Waals surface area contributed by atoms with E-state index in [2.05, 4.69) is 21.4 Å². The first-order valence-electron chi connectivity index (χ1n) is 8.37. The number of benzene rings is 2. The molecule has 1 aliphatic rings. The molecule has 3 aromatic rings. The van der Waals surface area contributed by atoms with Crippen LogP contribution in [0.25, 0.3) is 0 Å². The normalized spacial score (nSPS) is 12.8. The van der Waals surface area contributed by atoms with Crippen LogP contribution in [0.4, 0.5) is 17.3 Å². The van der Waals surface area contributed by atoms with Crippen molar-refractivity contribution in [2.45, 2.75) is 13.3 Å². The average Bonchev–Trinajstić information content (AvgIpc) is 3.10. The number of carbonyl (C=O) groups excluding carboxylic acids is 1. The number of carbonyl (C=O) groups is 1. The van der Waals surface area contributed by atoms with Gasteiger partial charge in [0, 0.05) is 35.3 Å². The fraction of sp³-hybridized carbons (Fsp3) is 0.150. The molecule has 0 saturated heterocycles. The van der Waals surface area contributed by atoms with Crippen LogP contribution in [0.5, 0.6) is 0 Å². The molecule has 2 aromatic carbocycles. The number of aromatic nitrogens is 2. The number of anilines is 3. The molecule has 0 atom stereocenters. The molecule has 0 saturated carbocycles. The van der Waals surface area contributed by atoms with E-state index in [1.807, 2.05) is 43.3 Å². The van der Waals surface area contributed by atoms with Gasteiger partial charge in [-0.3, -0.25) is 4.79 Å². The van der Waals surface area contributed by atoms with Crippen molar-refractivity contribution in [3.63, 3.8) is 0 Å². The predicted octanol–water partition coefficient (Wildman–Crippen LogP) is 4.38. The summed E-state index contributed by atoms with van der Waals surface area (Å²) in [7, 11) is 0. The van der Waals surface area contributed by atoms with Crippen molar-refractivity contribution in [1.82, 2.24) is 9.97 Å². The maximum absolute atomic E-state index is 12.8. The lowest BCUT2D eigenvalue weighted by Gasteiger charge is -2.17. The molecule has 1 N–H and O–H groups in total. The van der Waals surface area contributed by atoms with Gasteiger partial charge in [-0.25, -0.2) is 9.97 Å². The Labute approximate surface area is 156 Å². The van der Waals surface area contributed by atoms with Crippen molar-refractivity contribution in [3.05, 3.63) is 76.6 Å². The maximum Gasteiger partial charge on any atom is 0.261 e. The molecule has 4 rings (SSSR count). The Bertz CT molecular complexity index is 972. The third-order valence-electron chi connectivity index (χ3n) is 4.55. The third-order valence-corrected chi connectivity index (χ3v) is 4.95. The van der Waals surface area contributed by atoms with Gasteiger partial charge in [0.2, 0.25) is 5.95 Å². The zero-order valence-electron chi connectivity index (χ0n) is 14.2. The summed E-state index contributed by atoms with van der Waals surface area (Å²) in [5.74, 6) is 0.342. The fourth-order valence-corrected chi connectivity index (χ4v) is 3.25. The lowest BCUT2D eigenvalue weighted by molar-refractivity contribution is 0.0988. The summed E-state index contributed by atoms with van der Waals surface area (Å²) in [6.45, 7) is 2.60. The maximum atomic E-state index is 12.8. The Morgan fingerprint density at radius 2 is 1.88 bits per heavy atom. The van der Waals surface area contributed by atoms with E-state index >= 15 is 0 Å². The standard InChI is InChI=1S/C20H17ClN4O/c1-13-16(21)6-4-7-17(13)24-20-22-11-15(12-23-20)19(26)25-10-9-14-5-2-3-8-18(14)25/h2-8,11-12H,9-10H2,1H3,(H,22,23,24). The van der Waals surface area contributed by atoms with Gasteiger partial charge in [0.15, 0.2) is 0 Å². The summed E-state index contributed by atoms with van der Waals surface area (Å²) in [6, 6.07) is 13.6. The first-order valence-corrected chi connectivity index (χ1v) is 8.75. The number of amides is 1. The van der Waals surface area contributed by atoms with E-state index in [0.717, 1.165) is 23.4 Å². The van der Waals surface area contributed by atoms with E-state index in [4.69, 9.17) is 11.6 Å². The average molecular weight is 365 g/mol. The zero-order chi connectivity index (χ0) is 18.1. The van der Waals surface area contributed by atoms with Crippen LogP contribution in [-0.2, 0) is 6.42 Å². The van der Waals surface area contributed by atoms with Crippen molar-refractivity contribution < 1.29 is 4.79 Å². The highest BCUT2D eigenvalue weighted by molar-refractivity contribution is 6.31. The second kappa shape index (κ2) is 6.77. The SMILES string of the molecule is Cc1c(Cl)cccc1Nc1ncc(C(=O)N2CCc3ccccc32)cn1. The molecule has 1 aliphatic heterocycles. The molecule has 0 aliphatic carbocycles. The summed E-state index contributed by atoms with van der Waals surface area (Å²) < 4.78 is 0. The number of rotatable bonds is 3. The quantitative estimate of drug-likeness (QED) is 0.749. The topological polar surface area (TPSA) is 58.1 Å². The van der Waals surface area contributed by atoms with Gasteiger partial charge in [0.05, 0.1) is 5.56 Å². The molecule has 130 valence electrons. The van der Waals surface area contributed by atoms with Crippen LogP contribution in [0.1, 0.15) is 21.5 Å². The summed E-state index contributed by atoms with van der Waals surface area (Å²) in [6.07, 6.45) is 3.98. The third kappa shape index (κ3) is 3.02. The van der Waals surface area contributed by atoms with E-state index < -0.39 is 0 Å². The highest BCUT2D eigenvalue weighted by Gasteiger charge is 2.25. The smallest absolute Gasteiger partial charge is 0.261 e. The summed E-state index contributed by atoms with van der Waals surface area (Å²) in [5, 5.41) is 3.81. The van der Waals surface area contributed by atoms with Gasteiger partial charge < -0.3 is 10.2 Å². The van der Waals surface area contributed by atoms with Gasteiger partial charge in [-0.15, -0.1) is 0 Å². The highest BCUT2D eigenvalue weighted by atomic mass is 35.5. The van der Waals surface area contributed by atoms with E-state index in [1.54, 1.807) is 17.3 Å². The minimum Gasteiger partial charge on any atom is -0.324 e. The largest absolute Gasteiger partial charge is 0.324 e. The number of halogens is 1. The minimum absolute atomic E-state index is 0.0829. The Balaban J connectivity index is 1.53. The molecule has 6 heteroatoms. The van der Waals surface area contributed by atoms with Crippen molar-refractivity contribution in [3.8, 4) is 0 Å². The molecule has 1 aromatic heterocycles. The summed E-state index contributed by atoms with van der Waals surface area (Å²) >= 11 is 6.13. The van der Waals surface area contributed by atoms with Gasteiger partial charge in [0.25, 0.3) is 5.91 Å². The van der Waals surface area contributed by atoms with E-state index in [9.17, 15) is 4.79 Å². The fourth-order valence-electron chi connectivity index (χ4n) is 3.07. The van der Waals surface area contributed by atoms with Gasteiger partial charge in [0.1, 0.15) is 0 Å². The lowest BCUT2D eigenvalue weighted by Crippen LogP contribution is -2.29. The van der Waals surface area contributed by atoms with Crippen molar-refractivity contribution in [1.29, 1.82) is 0 Å². The Morgan fingerprint density at radius 1 is 1.12 bits per heavy atom. The lowest BCUT2D eigenvalue weighted by atomic mass is 10.2. The van der Waals surface area contributed by atoms with Crippen LogP contribution < -0.4 is 10.2 Å². The van der Waals surface area contributed by atoms with Crippen LogP contribution in [0.3, 0.4) is 0 Å². The molecule has 0 bridgehead atoms. The molecule has 0 unspecified atom stereocenters. The van der Waals surface area contributed by atoms with Crippen molar-refractivity contribution >= 4 is 34.8 Å². The number of hydrogen-bond donors (Lipinski definition) is 1. The van der Waals surface area contributed by atoms with Crippen LogP contribution >= 0.6 is 11.6 Å². The summed E-state index contributed by atoms with van der Waals surface area (Å²) in [5.41, 5.74) is 4.39. The molecule has 26 heavy (non-hydrogen) atoms. The first kappa shape index (κ1) is 16.5. The zero-order valence-corrected chi connectivity index (χ0v) is 15.0. The van der Waals surface area contributed by atoms with Crippen LogP contribution in [0.2, 0.25) is 5.02 Å². The Morgan fingerprint density at radius 3 is 2.69 bits per heavy atom. The van der Waals surface area contributed by atoms with E-state index in [1.165, 1.54) is 5.56 Å². The molecule has 0 radical (unpaired) electrons.